The first-order valence-corrected chi connectivity index (χ1v) is 7.50. The van der Waals surface area contributed by atoms with Gasteiger partial charge in [-0.15, -0.1) is 0 Å². The Morgan fingerprint density at radius 3 is 2.81 bits per heavy atom. The highest BCUT2D eigenvalue weighted by Gasteiger charge is 2.16. The van der Waals surface area contributed by atoms with Crippen molar-refractivity contribution >= 4 is 32.7 Å². The number of hydrogen-bond donors (Lipinski definition) is 1. The SMILES string of the molecule is CN(Cc1cccc(Br)c1)C(=O)c1c[nH]c2ccccc12. The van der Waals surface area contributed by atoms with Gasteiger partial charge in [0.2, 0.25) is 0 Å². The second-order valence-electron chi connectivity index (χ2n) is 5.04. The molecule has 0 aliphatic heterocycles. The predicted octanol–water partition coefficient (Wildman–Crippen LogP) is 4.20. The fraction of sp³-hybridized carbons (Fsp3) is 0.118. The molecule has 0 aliphatic rings. The molecule has 4 heteroatoms. The Bertz CT molecular complexity index is 794. The first kappa shape index (κ1) is 13.9. The Hall–Kier alpha value is -2.07. The zero-order chi connectivity index (χ0) is 14.8. The van der Waals surface area contributed by atoms with E-state index in [1.165, 1.54) is 0 Å². The maximum atomic E-state index is 12.6. The molecule has 0 saturated carbocycles. The quantitative estimate of drug-likeness (QED) is 0.760. The summed E-state index contributed by atoms with van der Waals surface area (Å²) in [6, 6.07) is 15.8. The van der Waals surface area contributed by atoms with Gasteiger partial charge in [-0.3, -0.25) is 4.79 Å². The van der Waals surface area contributed by atoms with Crippen LogP contribution in [0.3, 0.4) is 0 Å². The molecule has 21 heavy (non-hydrogen) atoms. The first-order valence-electron chi connectivity index (χ1n) is 6.71. The summed E-state index contributed by atoms with van der Waals surface area (Å²) in [6.45, 7) is 0.581. The Balaban J connectivity index is 1.84. The molecule has 1 N–H and O–H groups in total. The number of benzene rings is 2. The number of H-pyrrole nitrogens is 1. The third-order valence-corrected chi connectivity index (χ3v) is 3.97. The number of carbonyl (C=O) groups is 1. The number of aromatic nitrogens is 1. The van der Waals surface area contributed by atoms with E-state index < -0.39 is 0 Å². The van der Waals surface area contributed by atoms with E-state index >= 15 is 0 Å². The summed E-state index contributed by atoms with van der Waals surface area (Å²) in [6.07, 6.45) is 1.78. The van der Waals surface area contributed by atoms with Gasteiger partial charge < -0.3 is 9.88 Å². The van der Waals surface area contributed by atoms with Crippen LogP contribution in [0.15, 0.2) is 59.2 Å². The van der Waals surface area contributed by atoms with Crippen molar-refractivity contribution in [2.45, 2.75) is 6.54 Å². The Labute approximate surface area is 131 Å². The molecule has 3 aromatic rings. The molecular weight excluding hydrogens is 328 g/mol. The van der Waals surface area contributed by atoms with Gasteiger partial charge in [-0.05, 0) is 23.8 Å². The smallest absolute Gasteiger partial charge is 0.256 e. The van der Waals surface area contributed by atoms with Gasteiger partial charge >= 0.3 is 0 Å². The summed E-state index contributed by atoms with van der Waals surface area (Å²) in [5, 5.41) is 0.962. The second-order valence-corrected chi connectivity index (χ2v) is 5.95. The van der Waals surface area contributed by atoms with E-state index in [1.54, 1.807) is 11.1 Å². The van der Waals surface area contributed by atoms with Crippen molar-refractivity contribution in [3.05, 3.63) is 70.3 Å². The van der Waals surface area contributed by atoms with Crippen LogP contribution in [-0.2, 0) is 6.54 Å². The molecule has 3 nitrogen and oxygen atoms in total. The van der Waals surface area contributed by atoms with Gasteiger partial charge in [-0.1, -0.05) is 46.3 Å². The number of hydrogen-bond acceptors (Lipinski definition) is 1. The average Bonchev–Trinajstić information content (AvgIpc) is 2.90. The van der Waals surface area contributed by atoms with Crippen molar-refractivity contribution in [1.29, 1.82) is 0 Å². The van der Waals surface area contributed by atoms with E-state index in [4.69, 9.17) is 0 Å². The molecule has 1 aromatic heterocycles. The van der Waals surface area contributed by atoms with Crippen LogP contribution in [0.2, 0.25) is 0 Å². The van der Waals surface area contributed by atoms with Gasteiger partial charge in [-0.2, -0.15) is 0 Å². The number of nitrogens with zero attached hydrogens (tertiary/aromatic N) is 1. The van der Waals surface area contributed by atoms with Crippen LogP contribution >= 0.6 is 15.9 Å². The van der Waals surface area contributed by atoms with Crippen LogP contribution in [0.5, 0.6) is 0 Å². The van der Waals surface area contributed by atoms with Crippen LogP contribution in [0, 0.1) is 0 Å². The molecule has 1 heterocycles. The molecule has 0 fully saturated rings. The Morgan fingerprint density at radius 1 is 1.19 bits per heavy atom. The van der Waals surface area contributed by atoms with Crippen molar-refractivity contribution in [2.24, 2.45) is 0 Å². The molecule has 0 radical (unpaired) electrons. The highest BCUT2D eigenvalue weighted by molar-refractivity contribution is 9.10. The van der Waals surface area contributed by atoms with E-state index in [1.807, 2.05) is 55.6 Å². The predicted molar refractivity (Wildman–Crippen MR) is 88.2 cm³/mol. The third kappa shape index (κ3) is 2.85. The lowest BCUT2D eigenvalue weighted by molar-refractivity contribution is 0.0787. The van der Waals surface area contributed by atoms with Gasteiger partial charge in [0.25, 0.3) is 5.91 Å². The molecule has 0 atom stereocenters. The molecule has 2 aromatic carbocycles. The number of rotatable bonds is 3. The van der Waals surface area contributed by atoms with Crippen LogP contribution in [0.1, 0.15) is 15.9 Å². The van der Waals surface area contributed by atoms with E-state index in [0.29, 0.717) is 12.1 Å². The normalized spacial score (nSPS) is 10.8. The van der Waals surface area contributed by atoms with Crippen molar-refractivity contribution in [3.8, 4) is 0 Å². The van der Waals surface area contributed by atoms with Crippen molar-refractivity contribution in [3.63, 3.8) is 0 Å². The average molecular weight is 343 g/mol. The molecule has 0 spiro atoms. The monoisotopic (exact) mass is 342 g/mol. The van der Waals surface area contributed by atoms with Crippen molar-refractivity contribution < 1.29 is 4.79 Å². The molecule has 0 aliphatic carbocycles. The topological polar surface area (TPSA) is 36.1 Å². The number of amides is 1. The number of nitrogens with one attached hydrogen (secondary N) is 1. The maximum Gasteiger partial charge on any atom is 0.256 e. The Kier molecular flexibility index (Phi) is 3.80. The van der Waals surface area contributed by atoms with E-state index in [2.05, 4.69) is 20.9 Å². The van der Waals surface area contributed by atoms with Crippen molar-refractivity contribution in [1.82, 2.24) is 9.88 Å². The van der Waals surface area contributed by atoms with Gasteiger partial charge in [0.1, 0.15) is 0 Å². The highest BCUT2D eigenvalue weighted by atomic mass is 79.9. The van der Waals surface area contributed by atoms with Gasteiger partial charge in [0.05, 0.1) is 5.56 Å². The summed E-state index contributed by atoms with van der Waals surface area (Å²) in [7, 11) is 1.82. The molecule has 0 unspecified atom stereocenters. The second kappa shape index (κ2) is 5.74. The third-order valence-electron chi connectivity index (χ3n) is 3.48. The summed E-state index contributed by atoms with van der Waals surface area (Å²) >= 11 is 3.45. The molecule has 0 saturated heterocycles. The van der Waals surface area contributed by atoms with Gasteiger partial charge in [-0.25, -0.2) is 0 Å². The van der Waals surface area contributed by atoms with E-state index in [9.17, 15) is 4.79 Å². The largest absolute Gasteiger partial charge is 0.360 e. The molecule has 1 amide bonds. The summed E-state index contributed by atoms with van der Waals surface area (Å²) in [4.78, 5) is 17.5. The number of carbonyl (C=O) groups excluding carboxylic acids is 1. The fourth-order valence-electron chi connectivity index (χ4n) is 2.44. The Morgan fingerprint density at radius 2 is 2.00 bits per heavy atom. The summed E-state index contributed by atoms with van der Waals surface area (Å²) in [5.41, 5.74) is 2.79. The fourth-order valence-corrected chi connectivity index (χ4v) is 2.88. The summed E-state index contributed by atoms with van der Waals surface area (Å²) < 4.78 is 1.02. The zero-order valence-corrected chi connectivity index (χ0v) is 13.2. The lowest BCUT2D eigenvalue weighted by Crippen LogP contribution is -2.25. The lowest BCUT2D eigenvalue weighted by atomic mass is 10.1. The van der Waals surface area contributed by atoms with E-state index in [-0.39, 0.29) is 5.91 Å². The molecule has 3 rings (SSSR count). The van der Waals surface area contributed by atoms with E-state index in [0.717, 1.165) is 20.9 Å². The number of fused-ring (bicyclic) bond motifs is 1. The van der Waals surface area contributed by atoms with Crippen LogP contribution in [-0.4, -0.2) is 22.8 Å². The van der Waals surface area contributed by atoms with Gasteiger partial charge in [0, 0.05) is 35.2 Å². The maximum absolute atomic E-state index is 12.6. The van der Waals surface area contributed by atoms with Crippen LogP contribution < -0.4 is 0 Å². The standard InChI is InChI=1S/C17H15BrN2O/c1-20(11-12-5-4-6-13(18)9-12)17(21)15-10-19-16-8-3-2-7-14(15)16/h2-10,19H,11H2,1H3. The highest BCUT2D eigenvalue weighted by Crippen LogP contribution is 2.20. The first-order chi connectivity index (χ1) is 10.1. The summed E-state index contributed by atoms with van der Waals surface area (Å²) in [5.74, 6) is 0.0208. The minimum atomic E-state index is 0.0208. The molecule has 106 valence electrons. The van der Waals surface area contributed by atoms with Gasteiger partial charge in [0.15, 0.2) is 0 Å². The zero-order valence-electron chi connectivity index (χ0n) is 11.6. The minimum Gasteiger partial charge on any atom is -0.360 e. The number of para-hydroxylation sites is 1. The minimum absolute atomic E-state index is 0.0208. The van der Waals surface area contributed by atoms with Crippen molar-refractivity contribution in [2.75, 3.05) is 7.05 Å². The van der Waals surface area contributed by atoms with Crippen LogP contribution in [0.25, 0.3) is 10.9 Å². The molecular formula is C17H15BrN2O. The lowest BCUT2D eigenvalue weighted by Gasteiger charge is -2.17. The number of aromatic amines is 1. The molecule has 0 bridgehead atoms. The van der Waals surface area contributed by atoms with Crippen LogP contribution in [0.4, 0.5) is 0 Å². The number of halogens is 1.